The number of amides is 1. The number of nitrogens with one attached hydrogen (secondary N) is 1. The maximum atomic E-state index is 13.0. The van der Waals surface area contributed by atoms with E-state index in [9.17, 15) is 14.4 Å². The van der Waals surface area contributed by atoms with Gasteiger partial charge in [0.05, 0.1) is 11.3 Å². The van der Waals surface area contributed by atoms with Crippen LogP contribution in [0.5, 0.6) is 0 Å². The number of carbonyl (C=O) groups excluding carboxylic acids is 3. The first-order chi connectivity index (χ1) is 14.0. The lowest BCUT2D eigenvalue weighted by Crippen LogP contribution is -2.23. The van der Waals surface area contributed by atoms with Gasteiger partial charge in [0, 0.05) is 32.8 Å². The van der Waals surface area contributed by atoms with Crippen molar-refractivity contribution in [3.8, 4) is 0 Å². The molecule has 0 spiro atoms. The van der Waals surface area contributed by atoms with E-state index >= 15 is 0 Å². The fourth-order valence-electron chi connectivity index (χ4n) is 3.23. The van der Waals surface area contributed by atoms with Gasteiger partial charge in [0.25, 0.3) is 0 Å². The second-order valence-corrected chi connectivity index (χ2v) is 7.26. The fraction of sp³-hybridized carbons (Fsp3) is 0. The number of rotatable bonds is 3. The van der Waals surface area contributed by atoms with Crippen molar-refractivity contribution in [2.45, 2.75) is 0 Å². The van der Waals surface area contributed by atoms with Crippen LogP contribution in [0.25, 0.3) is 6.08 Å². The highest BCUT2D eigenvalue weighted by Crippen LogP contribution is 2.32. The van der Waals surface area contributed by atoms with Gasteiger partial charge in [0.2, 0.25) is 5.91 Å². The van der Waals surface area contributed by atoms with Crippen molar-refractivity contribution >= 4 is 52.4 Å². The van der Waals surface area contributed by atoms with Gasteiger partial charge >= 0.3 is 0 Å². The van der Waals surface area contributed by atoms with E-state index in [2.05, 4.69) is 5.32 Å². The monoisotopic (exact) mass is 421 g/mol. The number of benzene rings is 3. The topological polar surface area (TPSA) is 63.2 Å². The molecule has 1 N–H and O–H groups in total. The lowest BCUT2D eigenvalue weighted by molar-refractivity contribution is -0.111. The zero-order chi connectivity index (χ0) is 20.5. The molecule has 3 aromatic rings. The molecule has 0 saturated carbocycles. The van der Waals surface area contributed by atoms with Gasteiger partial charge < -0.3 is 5.32 Å². The van der Waals surface area contributed by atoms with Gasteiger partial charge in [-0.2, -0.15) is 0 Å². The number of anilines is 1. The number of hydrogen-bond acceptors (Lipinski definition) is 3. The molecule has 4 nitrogen and oxygen atoms in total. The number of fused-ring (bicyclic) bond motifs is 2. The van der Waals surface area contributed by atoms with Gasteiger partial charge in [-0.3, -0.25) is 14.4 Å². The van der Waals surface area contributed by atoms with Crippen LogP contribution in [-0.4, -0.2) is 17.5 Å². The lowest BCUT2D eigenvalue weighted by atomic mass is 9.83. The van der Waals surface area contributed by atoms with Gasteiger partial charge in [-0.1, -0.05) is 65.7 Å². The van der Waals surface area contributed by atoms with Gasteiger partial charge in [0.1, 0.15) is 0 Å². The zero-order valence-corrected chi connectivity index (χ0v) is 16.4. The summed E-state index contributed by atoms with van der Waals surface area (Å²) in [5.41, 5.74) is 2.08. The Balaban J connectivity index is 1.64. The Morgan fingerprint density at radius 2 is 1.52 bits per heavy atom. The number of carbonyl (C=O) groups is 3. The predicted octanol–water partition coefficient (Wildman–Crippen LogP) is 5.42. The first-order valence-corrected chi connectivity index (χ1v) is 9.47. The third-order valence-corrected chi connectivity index (χ3v) is 5.15. The Hall–Kier alpha value is -3.21. The molecule has 0 atom stereocenters. The molecule has 0 bridgehead atoms. The Morgan fingerprint density at radius 1 is 0.828 bits per heavy atom. The van der Waals surface area contributed by atoms with Crippen molar-refractivity contribution in [1.82, 2.24) is 0 Å². The van der Waals surface area contributed by atoms with Crippen molar-refractivity contribution in [1.29, 1.82) is 0 Å². The van der Waals surface area contributed by atoms with E-state index in [0.29, 0.717) is 26.7 Å². The van der Waals surface area contributed by atoms with E-state index in [4.69, 9.17) is 23.2 Å². The fourth-order valence-corrected chi connectivity index (χ4v) is 3.70. The molecule has 1 amide bonds. The molecule has 6 heteroatoms. The maximum Gasteiger partial charge on any atom is 0.248 e. The predicted molar refractivity (Wildman–Crippen MR) is 114 cm³/mol. The van der Waals surface area contributed by atoms with Crippen LogP contribution in [0.2, 0.25) is 10.0 Å². The summed E-state index contributed by atoms with van der Waals surface area (Å²) in [6, 6.07) is 16.4. The molecule has 142 valence electrons. The molecular weight excluding hydrogens is 409 g/mol. The van der Waals surface area contributed by atoms with Crippen LogP contribution in [-0.2, 0) is 4.79 Å². The van der Waals surface area contributed by atoms with Crippen LogP contribution in [0, 0.1) is 0 Å². The SMILES string of the molecule is O=C(/C=C/c1ccc(Cl)cc1Cl)Nc1cccc2c1C(=O)c1ccccc1C2=O. The standard InChI is InChI=1S/C23H13Cl2NO3/c24-14-10-8-13(18(25)12-14)9-11-20(27)26-19-7-3-6-17-21(19)23(29)16-5-2-1-4-15(16)22(17)28/h1-12H,(H,26,27)/b11-9+. The highest BCUT2D eigenvalue weighted by Gasteiger charge is 2.31. The van der Waals surface area contributed by atoms with Crippen molar-refractivity contribution in [3.05, 3.63) is 105 Å². The summed E-state index contributed by atoms with van der Waals surface area (Å²) in [7, 11) is 0. The molecule has 0 aliphatic heterocycles. The van der Waals surface area contributed by atoms with E-state index in [1.165, 1.54) is 6.08 Å². The summed E-state index contributed by atoms with van der Waals surface area (Å²) in [6.07, 6.45) is 2.85. The molecule has 0 unspecified atom stereocenters. The molecule has 1 aliphatic carbocycles. The first kappa shape index (κ1) is 19.1. The Kier molecular flexibility index (Phi) is 5.05. The minimum atomic E-state index is -0.455. The second-order valence-electron chi connectivity index (χ2n) is 6.42. The number of ketones is 2. The van der Waals surface area contributed by atoms with Gasteiger partial charge in [-0.05, 0) is 29.8 Å². The highest BCUT2D eigenvalue weighted by atomic mass is 35.5. The first-order valence-electron chi connectivity index (χ1n) is 8.71. The number of halogens is 2. The van der Waals surface area contributed by atoms with Crippen molar-refractivity contribution < 1.29 is 14.4 Å². The van der Waals surface area contributed by atoms with E-state index in [-0.39, 0.29) is 28.4 Å². The van der Waals surface area contributed by atoms with Crippen LogP contribution < -0.4 is 5.32 Å². The summed E-state index contributed by atoms with van der Waals surface area (Å²) in [5, 5.41) is 3.59. The van der Waals surface area contributed by atoms with Gasteiger partial charge in [-0.25, -0.2) is 0 Å². The number of hydrogen-bond donors (Lipinski definition) is 1. The van der Waals surface area contributed by atoms with Crippen molar-refractivity contribution in [2.24, 2.45) is 0 Å². The Bertz CT molecular complexity index is 1210. The maximum absolute atomic E-state index is 13.0. The molecule has 0 saturated heterocycles. The zero-order valence-electron chi connectivity index (χ0n) is 14.9. The summed E-state index contributed by atoms with van der Waals surface area (Å²) in [4.78, 5) is 38.1. The quantitative estimate of drug-likeness (QED) is 0.449. The molecule has 1 aliphatic rings. The molecule has 4 rings (SSSR count). The Labute approximate surface area is 176 Å². The van der Waals surface area contributed by atoms with Crippen molar-refractivity contribution in [2.75, 3.05) is 5.32 Å². The smallest absolute Gasteiger partial charge is 0.248 e. The van der Waals surface area contributed by atoms with Gasteiger partial charge in [0.15, 0.2) is 11.6 Å². The highest BCUT2D eigenvalue weighted by molar-refractivity contribution is 6.35. The largest absolute Gasteiger partial charge is 0.322 e. The Morgan fingerprint density at radius 3 is 2.24 bits per heavy atom. The van der Waals surface area contributed by atoms with Crippen LogP contribution in [0.4, 0.5) is 5.69 Å². The van der Waals surface area contributed by atoms with Gasteiger partial charge in [-0.15, -0.1) is 0 Å². The summed E-state index contributed by atoms with van der Waals surface area (Å²) in [5.74, 6) is -0.992. The summed E-state index contributed by atoms with van der Waals surface area (Å²) >= 11 is 12.0. The van der Waals surface area contributed by atoms with Crippen LogP contribution in [0.3, 0.4) is 0 Å². The average Bonchev–Trinajstić information content (AvgIpc) is 2.71. The molecule has 3 aromatic carbocycles. The van der Waals surface area contributed by atoms with E-state index < -0.39 is 5.91 Å². The minimum absolute atomic E-state index is 0.197. The lowest BCUT2D eigenvalue weighted by Gasteiger charge is -2.20. The summed E-state index contributed by atoms with van der Waals surface area (Å²) in [6.45, 7) is 0. The summed E-state index contributed by atoms with van der Waals surface area (Å²) < 4.78 is 0. The average molecular weight is 422 g/mol. The molecule has 0 aromatic heterocycles. The minimum Gasteiger partial charge on any atom is -0.322 e. The normalized spacial score (nSPS) is 12.6. The third kappa shape index (κ3) is 3.60. The van der Waals surface area contributed by atoms with E-state index in [1.54, 1.807) is 66.7 Å². The molecule has 29 heavy (non-hydrogen) atoms. The molecule has 0 radical (unpaired) electrons. The van der Waals surface area contributed by atoms with E-state index in [0.717, 1.165) is 0 Å². The van der Waals surface area contributed by atoms with Crippen molar-refractivity contribution in [3.63, 3.8) is 0 Å². The van der Waals surface area contributed by atoms with Crippen LogP contribution in [0.15, 0.2) is 66.7 Å². The second kappa shape index (κ2) is 7.66. The molecule has 0 fully saturated rings. The molecule has 0 heterocycles. The third-order valence-electron chi connectivity index (χ3n) is 4.59. The van der Waals surface area contributed by atoms with Crippen LogP contribution >= 0.6 is 23.2 Å². The van der Waals surface area contributed by atoms with E-state index in [1.807, 2.05) is 0 Å². The van der Waals surface area contributed by atoms with Crippen LogP contribution in [0.1, 0.15) is 37.4 Å². The molecular formula is C23H13Cl2NO3.